The number of nitrogens with zero attached hydrogens (tertiary/aromatic N) is 2. The molecule has 124 valence electrons. The van der Waals surface area contributed by atoms with Gasteiger partial charge in [-0.15, -0.1) is 11.3 Å². The van der Waals surface area contributed by atoms with E-state index in [-0.39, 0.29) is 12.2 Å². The van der Waals surface area contributed by atoms with Gasteiger partial charge in [0.1, 0.15) is 10.9 Å². The van der Waals surface area contributed by atoms with Crippen LogP contribution in [-0.4, -0.2) is 22.1 Å². The molecule has 0 fully saturated rings. The standard InChI is InChI=1S/C18H18N2O3S/c1-3-14(18(22)23-4-2)20-11-19-16-13(17(20)21)10-15(24-16)12-8-6-5-7-9-12/h5-11,14H,3-4H2,1-2H3/t14-/m1/s1. The summed E-state index contributed by atoms with van der Waals surface area (Å²) in [5.74, 6) is -0.401. The number of hydrogen-bond acceptors (Lipinski definition) is 5. The Labute approximate surface area is 143 Å². The van der Waals surface area contributed by atoms with Crippen LogP contribution in [0.15, 0.2) is 47.5 Å². The second-order valence-electron chi connectivity index (χ2n) is 5.33. The number of esters is 1. The smallest absolute Gasteiger partial charge is 0.329 e. The Hall–Kier alpha value is -2.47. The molecule has 0 saturated heterocycles. The van der Waals surface area contributed by atoms with Crippen LogP contribution < -0.4 is 5.56 Å². The summed E-state index contributed by atoms with van der Waals surface area (Å²) < 4.78 is 6.44. The molecule has 0 spiro atoms. The zero-order chi connectivity index (χ0) is 17.1. The van der Waals surface area contributed by atoms with Gasteiger partial charge in [-0.1, -0.05) is 37.3 Å². The number of fused-ring (bicyclic) bond motifs is 1. The van der Waals surface area contributed by atoms with Crippen molar-refractivity contribution in [3.8, 4) is 10.4 Å². The van der Waals surface area contributed by atoms with Crippen LogP contribution in [0, 0.1) is 0 Å². The van der Waals surface area contributed by atoms with Crippen LogP contribution in [0.25, 0.3) is 20.7 Å². The van der Waals surface area contributed by atoms with Crippen LogP contribution in [0.2, 0.25) is 0 Å². The van der Waals surface area contributed by atoms with Crippen molar-refractivity contribution < 1.29 is 9.53 Å². The van der Waals surface area contributed by atoms with Crippen LogP contribution in [-0.2, 0) is 9.53 Å². The maximum atomic E-state index is 12.8. The maximum Gasteiger partial charge on any atom is 0.329 e. The Morgan fingerprint density at radius 1 is 1.29 bits per heavy atom. The molecule has 0 radical (unpaired) electrons. The quantitative estimate of drug-likeness (QED) is 0.664. The second-order valence-corrected chi connectivity index (χ2v) is 6.36. The summed E-state index contributed by atoms with van der Waals surface area (Å²) in [6.45, 7) is 3.89. The van der Waals surface area contributed by atoms with Gasteiger partial charge >= 0.3 is 5.97 Å². The molecule has 0 aliphatic heterocycles. The molecule has 0 N–H and O–H groups in total. The summed E-state index contributed by atoms with van der Waals surface area (Å²) in [5, 5.41) is 0.532. The van der Waals surface area contributed by atoms with E-state index in [9.17, 15) is 9.59 Å². The minimum Gasteiger partial charge on any atom is -0.464 e. The van der Waals surface area contributed by atoms with E-state index in [1.165, 1.54) is 22.2 Å². The number of benzene rings is 1. The fourth-order valence-electron chi connectivity index (χ4n) is 2.62. The molecule has 2 aromatic heterocycles. The van der Waals surface area contributed by atoms with E-state index in [4.69, 9.17) is 4.74 Å². The molecule has 3 rings (SSSR count). The number of rotatable bonds is 5. The van der Waals surface area contributed by atoms with Crippen LogP contribution in [0.1, 0.15) is 26.3 Å². The van der Waals surface area contributed by atoms with Crippen LogP contribution >= 0.6 is 11.3 Å². The van der Waals surface area contributed by atoms with Gasteiger partial charge in [-0.05, 0) is 25.0 Å². The lowest BCUT2D eigenvalue weighted by atomic mass is 10.2. The molecule has 0 unspecified atom stereocenters. The van der Waals surface area contributed by atoms with Crippen molar-refractivity contribution in [2.75, 3.05) is 6.61 Å². The zero-order valence-electron chi connectivity index (χ0n) is 13.6. The average Bonchev–Trinajstić information content (AvgIpc) is 3.04. The van der Waals surface area contributed by atoms with Crippen LogP contribution in [0.3, 0.4) is 0 Å². The lowest BCUT2D eigenvalue weighted by Crippen LogP contribution is -2.30. The van der Waals surface area contributed by atoms with Crippen molar-refractivity contribution in [2.45, 2.75) is 26.3 Å². The lowest BCUT2D eigenvalue weighted by Gasteiger charge is -2.15. The van der Waals surface area contributed by atoms with E-state index in [0.717, 1.165) is 10.4 Å². The highest BCUT2D eigenvalue weighted by Gasteiger charge is 2.22. The van der Waals surface area contributed by atoms with Gasteiger partial charge in [0, 0.05) is 4.88 Å². The molecular formula is C18H18N2O3S. The molecule has 0 amide bonds. The zero-order valence-corrected chi connectivity index (χ0v) is 14.4. The highest BCUT2D eigenvalue weighted by molar-refractivity contribution is 7.21. The van der Waals surface area contributed by atoms with Crippen molar-refractivity contribution >= 4 is 27.5 Å². The summed E-state index contributed by atoms with van der Waals surface area (Å²) in [4.78, 5) is 30.9. The highest BCUT2D eigenvalue weighted by atomic mass is 32.1. The molecule has 3 aromatic rings. The first-order chi connectivity index (χ1) is 11.7. The van der Waals surface area contributed by atoms with E-state index in [0.29, 0.717) is 16.6 Å². The van der Waals surface area contributed by atoms with Crippen LogP contribution in [0.5, 0.6) is 0 Å². The first kappa shape index (κ1) is 16.4. The topological polar surface area (TPSA) is 61.2 Å². The lowest BCUT2D eigenvalue weighted by molar-refractivity contribution is -0.147. The first-order valence-electron chi connectivity index (χ1n) is 7.88. The Kier molecular flexibility index (Phi) is 4.76. The molecule has 0 bridgehead atoms. The van der Waals surface area contributed by atoms with Gasteiger partial charge in [0.2, 0.25) is 0 Å². The van der Waals surface area contributed by atoms with Crippen LogP contribution in [0.4, 0.5) is 0 Å². The third-order valence-corrected chi connectivity index (χ3v) is 4.91. The van der Waals surface area contributed by atoms with Gasteiger partial charge in [0.05, 0.1) is 18.3 Å². The maximum absolute atomic E-state index is 12.8. The number of hydrogen-bond donors (Lipinski definition) is 0. The van der Waals surface area contributed by atoms with Crippen molar-refractivity contribution in [3.63, 3.8) is 0 Å². The second kappa shape index (κ2) is 6.97. The molecular weight excluding hydrogens is 324 g/mol. The molecule has 1 atom stereocenters. The monoisotopic (exact) mass is 342 g/mol. The predicted octanol–water partition coefficient (Wildman–Crippen LogP) is 3.64. The van der Waals surface area contributed by atoms with Gasteiger partial charge in [-0.25, -0.2) is 9.78 Å². The average molecular weight is 342 g/mol. The minimum atomic E-state index is -0.644. The van der Waals surface area contributed by atoms with Crippen molar-refractivity contribution in [3.05, 3.63) is 53.1 Å². The number of carbonyl (C=O) groups excluding carboxylic acids is 1. The molecule has 24 heavy (non-hydrogen) atoms. The van der Waals surface area contributed by atoms with Gasteiger partial charge in [0.25, 0.3) is 5.56 Å². The van der Waals surface area contributed by atoms with E-state index in [1.54, 1.807) is 6.92 Å². The Morgan fingerprint density at radius 3 is 2.71 bits per heavy atom. The number of aromatic nitrogens is 2. The van der Waals surface area contributed by atoms with Crippen molar-refractivity contribution in [2.24, 2.45) is 0 Å². The summed E-state index contributed by atoms with van der Waals surface area (Å²) in [7, 11) is 0. The number of carbonyl (C=O) groups is 1. The third kappa shape index (κ3) is 2.97. The molecule has 1 aromatic carbocycles. The van der Waals surface area contributed by atoms with E-state index in [2.05, 4.69) is 4.98 Å². The molecule has 5 nitrogen and oxygen atoms in total. The summed E-state index contributed by atoms with van der Waals surface area (Å²) in [5.41, 5.74) is 0.835. The third-order valence-electron chi connectivity index (χ3n) is 3.82. The molecule has 2 heterocycles. The number of ether oxygens (including phenoxy) is 1. The summed E-state index contributed by atoms with van der Waals surface area (Å²) in [6.07, 6.45) is 1.92. The molecule has 0 aliphatic carbocycles. The first-order valence-corrected chi connectivity index (χ1v) is 8.70. The van der Waals surface area contributed by atoms with E-state index >= 15 is 0 Å². The fraction of sp³-hybridized carbons (Fsp3) is 0.278. The fourth-order valence-corrected chi connectivity index (χ4v) is 3.61. The molecule has 0 aliphatic rings. The van der Waals surface area contributed by atoms with Gasteiger partial charge in [-0.2, -0.15) is 0 Å². The van der Waals surface area contributed by atoms with E-state index < -0.39 is 12.0 Å². The summed E-state index contributed by atoms with van der Waals surface area (Å²) in [6, 6.07) is 11.1. The Balaban J connectivity index is 2.08. The highest BCUT2D eigenvalue weighted by Crippen LogP contribution is 2.30. The Bertz CT molecular complexity index is 915. The largest absolute Gasteiger partial charge is 0.464 e. The molecule has 0 saturated carbocycles. The Morgan fingerprint density at radius 2 is 2.04 bits per heavy atom. The molecule has 6 heteroatoms. The number of thiophene rings is 1. The van der Waals surface area contributed by atoms with Gasteiger partial charge < -0.3 is 4.74 Å². The van der Waals surface area contributed by atoms with Gasteiger partial charge in [0.15, 0.2) is 0 Å². The SMILES string of the molecule is CCOC(=O)[C@@H](CC)n1cnc2sc(-c3ccccc3)cc2c1=O. The minimum absolute atomic E-state index is 0.210. The van der Waals surface area contributed by atoms with Gasteiger partial charge in [-0.3, -0.25) is 9.36 Å². The normalized spacial score (nSPS) is 12.2. The van der Waals surface area contributed by atoms with E-state index in [1.807, 2.05) is 43.3 Å². The van der Waals surface area contributed by atoms with Crippen molar-refractivity contribution in [1.82, 2.24) is 9.55 Å². The predicted molar refractivity (Wildman–Crippen MR) is 95.3 cm³/mol. The van der Waals surface area contributed by atoms with Crippen molar-refractivity contribution in [1.29, 1.82) is 0 Å². The summed E-state index contributed by atoms with van der Waals surface area (Å²) >= 11 is 1.47.